The third-order valence-electron chi connectivity index (χ3n) is 4.81. The quantitative estimate of drug-likeness (QED) is 0.779. The molecule has 0 atom stereocenters. The number of pyridine rings is 1. The van der Waals surface area contributed by atoms with Crippen LogP contribution in [-0.2, 0) is 10.3 Å². The van der Waals surface area contributed by atoms with Gasteiger partial charge in [0.25, 0.3) is 5.91 Å². The molecule has 0 saturated carbocycles. The van der Waals surface area contributed by atoms with E-state index in [2.05, 4.69) is 10.3 Å². The van der Waals surface area contributed by atoms with E-state index in [9.17, 15) is 9.18 Å². The lowest BCUT2D eigenvalue weighted by Crippen LogP contribution is -2.49. The molecule has 1 N–H and O–H groups in total. The van der Waals surface area contributed by atoms with E-state index in [1.165, 1.54) is 12.1 Å². The maximum absolute atomic E-state index is 13.8. The second kappa shape index (κ2) is 6.53. The predicted octanol–water partition coefficient (Wildman–Crippen LogP) is 3.71. The van der Waals surface area contributed by atoms with Crippen molar-refractivity contribution in [3.05, 3.63) is 65.3 Å². The first kappa shape index (κ1) is 16.7. The molecule has 5 nitrogen and oxygen atoms in total. The number of nitrogens with zero attached hydrogens (tertiary/aromatic N) is 1. The number of aryl methyl sites for hydroxylation is 1. The molecule has 1 fully saturated rings. The van der Waals surface area contributed by atoms with E-state index in [1.54, 1.807) is 18.2 Å². The smallest absolute Gasteiger partial charge is 0.287 e. The van der Waals surface area contributed by atoms with Crippen molar-refractivity contribution in [1.29, 1.82) is 0 Å². The van der Waals surface area contributed by atoms with Gasteiger partial charge in [-0.2, -0.15) is 0 Å². The summed E-state index contributed by atoms with van der Waals surface area (Å²) in [6, 6.07) is 11.6. The van der Waals surface area contributed by atoms with Gasteiger partial charge in [-0.15, -0.1) is 0 Å². The minimum atomic E-state index is -0.681. The third-order valence-corrected chi connectivity index (χ3v) is 4.81. The van der Waals surface area contributed by atoms with Crippen molar-refractivity contribution in [2.75, 3.05) is 13.2 Å². The molecule has 0 spiro atoms. The van der Waals surface area contributed by atoms with E-state index in [0.29, 0.717) is 37.2 Å². The molecular weight excluding hydrogens is 335 g/mol. The number of ether oxygens (including phenoxy) is 1. The first-order valence-corrected chi connectivity index (χ1v) is 8.59. The number of benzene rings is 1. The number of amides is 1. The number of aromatic nitrogens is 1. The summed E-state index contributed by atoms with van der Waals surface area (Å²) in [6.45, 7) is 2.88. The summed E-state index contributed by atoms with van der Waals surface area (Å²) in [6.07, 6.45) is 1.14. The first-order chi connectivity index (χ1) is 12.6. The van der Waals surface area contributed by atoms with Crippen LogP contribution in [0.25, 0.3) is 11.1 Å². The standard InChI is InChI=1S/C20H19FN2O3/c1-13-5-6-17-16(22-13)12-18(26-17)19(24)23-20(7-9-25-10-8-20)14-3-2-4-15(21)11-14/h2-6,11-12H,7-10H2,1H3,(H,23,24). The average Bonchev–Trinajstić information content (AvgIpc) is 3.06. The lowest BCUT2D eigenvalue weighted by Gasteiger charge is -2.38. The Morgan fingerprint density at radius 3 is 2.77 bits per heavy atom. The first-order valence-electron chi connectivity index (χ1n) is 8.59. The van der Waals surface area contributed by atoms with E-state index in [-0.39, 0.29) is 17.5 Å². The third kappa shape index (κ3) is 3.08. The van der Waals surface area contributed by atoms with Crippen LogP contribution in [0.1, 0.15) is 34.7 Å². The number of carbonyl (C=O) groups is 1. The van der Waals surface area contributed by atoms with Crippen molar-refractivity contribution in [2.24, 2.45) is 0 Å². The molecule has 1 aliphatic heterocycles. The predicted molar refractivity (Wildman–Crippen MR) is 94.3 cm³/mol. The molecule has 0 aliphatic carbocycles. The number of rotatable bonds is 3. The lowest BCUT2D eigenvalue weighted by molar-refractivity contribution is 0.0337. The zero-order valence-electron chi connectivity index (χ0n) is 14.4. The van der Waals surface area contributed by atoms with Gasteiger partial charge < -0.3 is 14.5 Å². The van der Waals surface area contributed by atoms with Crippen LogP contribution in [0.5, 0.6) is 0 Å². The molecule has 0 bridgehead atoms. The van der Waals surface area contributed by atoms with Crippen LogP contribution in [0.15, 0.2) is 46.9 Å². The second-order valence-corrected chi connectivity index (χ2v) is 6.61. The normalized spacial score (nSPS) is 16.5. The summed E-state index contributed by atoms with van der Waals surface area (Å²) in [5.41, 5.74) is 2.11. The highest BCUT2D eigenvalue weighted by atomic mass is 19.1. The minimum Gasteiger partial charge on any atom is -0.449 e. The molecule has 4 rings (SSSR count). The summed E-state index contributed by atoms with van der Waals surface area (Å²) in [5, 5.41) is 3.06. The van der Waals surface area contributed by atoms with E-state index < -0.39 is 5.54 Å². The van der Waals surface area contributed by atoms with Crippen LogP contribution in [0.4, 0.5) is 4.39 Å². The highest BCUT2D eigenvalue weighted by Crippen LogP contribution is 2.33. The van der Waals surface area contributed by atoms with Gasteiger partial charge in [-0.25, -0.2) is 9.37 Å². The number of hydrogen-bond donors (Lipinski definition) is 1. The molecule has 6 heteroatoms. The fourth-order valence-corrected chi connectivity index (χ4v) is 3.41. The van der Waals surface area contributed by atoms with E-state index in [1.807, 2.05) is 19.1 Å². The molecule has 3 heterocycles. The van der Waals surface area contributed by atoms with Crippen LogP contribution in [0, 0.1) is 12.7 Å². The number of halogens is 1. The van der Waals surface area contributed by atoms with Crippen molar-refractivity contribution >= 4 is 17.0 Å². The van der Waals surface area contributed by atoms with E-state index in [0.717, 1.165) is 11.3 Å². The highest BCUT2D eigenvalue weighted by Gasteiger charge is 2.37. The number of nitrogens with one attached hydrogen (secondary N) is 1. The van der Waals surface area contributed by atoms with Crippen molar-refractivity contribution in [3.8, 4) is 0 Å². The molecule has 0 unspecified atom stereocenters. The number of furan rings is 1. The van der Waals surface area contributed by atoms with Gasteiger partial charge in [0.1, 0.15) is 11.3 Å². The maximum atomic E-state index is 13.8. The van der Waals surface area contributed by atoms with Crippen molar-refractivity contribution < 1.29 is 18.3 Å². The zero-order chi connectivity index (χ0) is 18.1. The molecule has 1 saturated heterocycles. The topological polar surface area (TPSA) is 64.4 Å². The van der Waals surface area contributed by atoms with Gasteiger partial charge in [-0.05, 0) is 49.6 Å². The lowest BCUT2D eigenvalue weighted by atomic mass is 9.82. The number of carbonyl (C=O) groups excluding carboxylic acids is 1. The van der Waals surface area contributed by atoms with Crippen LogP contribution >= 0.6 is 0 Å². The summed E-state index contributed by atoms with van der Waals surface area (Å²) in [4.78, 5) is 17.2. The maximum Gasteiger partial charge on any atom is 0.287 e. The summed E-state index contributed by atoms with van der Waals surface area (Å²) in [5.74, 6) is -0.474. The fourth-order valence-electron chi connectivity index (χ4n) is 3.41. The largest absolute Gasteiger partial charge is 0.449 e. The molecule has 2 aromatic heterocycles. The van der Waals surface area contributed by atoms with Gasteiger partial charge in [-0.1, -0.05) is 12.1 Å². The Morgan fingerprint density at radius 1 is 1.19 bits per heavy atom. The Hall–Kier alpha value is -2.73. The molecule has 1 aliphatic rings. The number of hydrogen-bond acceptors (Lipinski definition) is 4. The zero-order valence-corrected chi connectivity index (χ0v) is 14.4. The van der Waals surface area contributed by atoms with E-state index >= 15 is 0 Å². The minimum absolute atomic E-state index is 0.195. The average molecular weight is 354 g/mol. The van der Waals surface area contributed by atoms with Crippen molar-refractivity contribution in [1.82, 2.24) is 10.3 Å². The Balaban J connectivity index is 1.67. The molecule has 3 aromatic rings. The molecule has 1 amide bonds. The van der Waals surface area contributed by atoms with Gasteiger partial charge in [0.05, 0.1) is 5.54 Å². The van der Waals surface area contributed by atoms with Gasteiger partial charge in [0.15, 0.2) is 11.3 Å². The van der Waals surface area contributed by atoms with Gasteiger partial charge in [0, 0.05) is 25.0 Å². The Labute approximate surface area is 150 Å². The van der Waals surface area contributed by atoms with Crippen LogP contribution in [0.2, 0.25) is 0 Å². The summed E-state index contributed by atoms with van der Waals surface area (Å²) < 4.78 is 24.9. The molecular formula is C20H19FN2O3. The van der Waals surface area contributed by atoms with Crippen LogP contribution in [-0.4, -0.2) is 24.1 Å². The Morgan fingerprint density at radius 2 is 2.00 bits per heavy atom. The molecule has 26 heavy (non-hydrogen) atoms. The summed E-state index contributed by atoms with van der Waals surface area (Å²) >= 11 is 0. The summed E-state index contributed by atoms with van der Waals surface area (Å²) in [7, 11) is 0. The van der Waals surface area contributed by atoms with E-state index in [4.69, 9.17) is 9.15 Å². The SMILES string of the molecule is Cc1ccc2oc(C(=O)NC3(c4cccc(F)c4)CCOCC3)cc2n1. The fraction of sp³-hybridized carbons (Fsp3) is 0.300. The van der Waals surface area contributed by atoms with Crippen LogP contribution < -0.4 is 5.32 Å². The monoisotopic (exact) mass is 354 g/mol. The van der Waals surface area contributed by atoms with Crippen LogP contribution in [0.3, 0.4) is 0 Å². The van der Waals surface area contributed by atoms with Crippen molar-refractivity contribution in [2.45, 2.75) is 25.3 Å². The highest BCUT2D eigenvalue weighted by molar-refractivity contribution is 5.95. The van der Waals surface area contributed by atoms with Gasteiger partial charge in [-0.3, -0.25) is 4.79 Å². The van der Waals surface area contributed by atoms with Crippen molar-refractivity contribution in [3.63, 3.8) is 0 Å². The molecule has 1 aromatic carbocycles. The van der Waals surface area contributed by atoms with Gasteiger partial charge in [0.2, 0.25) is 0 Å². The second-order valence-electron chi connectivity index (χ2n) is 6.61. The number of fused-ring (bicyclic) bond motifs is 1. The molecule has 134 valence electrons. The van der Waals surface area contributed by atoms with Gasteiger partial charge >= 0.3 is 0 Å². The Kier molecular flexibility index (Phi) is 4.20. The molecule has 0 radical (unpaired) electrons. The Bertz CT molecular complexity index is 961.